The van der Waals surface area contributed by atoms with E-state index < -0.39 is 11.6 Å². The number of piperidine rings is 1. The summed E-state index contributed by atoms with van der Waals surface area (Å²) in [5.74, 6) is -1.07. The Balaban J connectivity index is 1.79. The van der Waals surface area contributed by atoms with Crippen molar-refractivity contribution in [2.75, 3.05) is 13.2 Å². The van der Waals surface area contributed by atoms with Crippen LogP contribution in [-0.2, 0) is 19.9 Å². The third-order valence-corrected chi connectivity index (χ3v) is 5.13. The summed E-state index contributed by atoms with van der Waals surface area (Å²) in [5.41, 5.74) is -1.16. The minimum Gasteiger partial charge on any atom is -0.453 e. The van der Waals surface area contributed by atoms with Gasteiger partial charge in [-0.2, -0.15) is 0 Å². The molecule has 5 nitrogen and oxygen atoms in total. The number of aliphatic hydroxyl groups is 1. The number of rotatable bonds is 5. The van der Waals surface area contributed by atoms with Gasteiger partial charge in [0.25, 0.3) is 5.91 Å². The van der Waals surface area contributed by atoms with Crippen molar-refractivity contribution in [1.29, 1.82) is 0 Å². The lowest BCUT2D eigenvalue weighted by atomic mass is 9.86. The molecule has 0 bridgehead atoms. The third-order valence-electron chi connectivity index (χ3n) is 5.13. The third kappa shape index (κ3) is 4.03. The Hall–Kier alpha value is -2.66. The fourth-order valence-corrected chi connectivity index (χ4v) is 3.54. The molecule has 5 heteroatoms. The van der Waals surface area contributed by atoms with Gasteiger partial charge in [-0.05, 0) is 37.3 Å². The molecule has 1 amide bonds. The second-order valence-corrected chi connectivity index (χ2v) is 6.95. The van der Waals surface area contributed by atoms with Gasteiger partial charge in [0.15, 0.2) is 6.61 Å². The monoisotopic (exact) mass is 367 g/mol. The molecule has 2 aromatic carbocycles. The maximum absolute atomic E-state index is 12.9. The van der Waals surface area contributed by atoms with Crippen LogP contribution in [0.1, 0.15) is 37.3 Å². The number of esters is 1. The molecule has 27 heavy (non-hydrogen) atoms. The van der Waals surface area contributed by atoms with Gasteiger partial charge in [0, 0.05) is 12.6 Å². The normalized spacial score (nSPS) is 17.4. The molecular weight excluding hydrogens is 342 g/mol. The fourth-order valence-electron chi connectivity index (χ4n) is 3.54. The van der Waals surface area contributed by atoms with Crippen LogP contribution in [0, 0.1) is 0 Å². The second-order valence-electron chi connectivity index (χ2n) is 6.95. The highest BCUT2D eigenvalue weighted by atomic mass is 16.6. The molecule has 0 aromatic heterocycles. The topological polar surface area (TPSA) is 66.8 Å². The molecule has 1 aliphatic rings. The zero-order valence-electron chi connectivity index (χ0n) is 15.5. The molecule has 1 saturated heterocycles. The highest BCUT2D eigenvalue weighted by molar-refractivity contribution is 5.88. The van der Waals surface area contributed by atoms with Gasteiger partial charge in [-0.25, -0.2) is 4.79 Å². The minimum absolute atomic E-state index is 0.145. The van der Waals surface area contributed by atoms with E-state index in [4.69, 9.17) is 4.74 Å². The maximum atomic E-state index is 12.9. The maximum Gasteiger partial charge on any atom is 0.348 e. The van der Waals surface area contributed by atoms with Crippen molar-refractivity contribution in [2.24, 2.45) is 0 Å². The first-order chi connectivity index (χ1) is 13.0. The molecule has 1 fully saturated rings. The van der Waals surface area contributed by atoms with E-state index >= 15 is 0 Å². The van der Waals surface area contributed by atoms with E-state index in [1.807, 2.05) is 19.1 Å². The lowest BCUT2D eigenvalue weighted by Gasteiger charge is -2.33. The summed E-state index contributed by atoms with van der Waals surface area (Å²) >= 11 is 0. The number of ether oxygens (including phenoxy) is 1. The zero-order chi connectivity index (χ0) is 19.3. The van der Waals surface area contributed by atoms with Crippen molar-refractivity contribution in [1.82, 2.24) is 4.90 Å². The minimum atomic E-state index is -1.96. The number of hydrogen-bond acceptors (Lipinski definition) is 4. The summed E-state index contributed by atoms with van der Waals surface area (Å²) in [6, 6.07) is 17.4. The summed E-state index contributed by atoms with van der Waals surface area (Å²) in [4.78, 5) is 27.1. The van der Waals surface area contributed by atoms with E-state index in [0.717, 1.165) is 19.3 Å². The number of carbonyl (C=O) groups excluding carboxylic acids is 2. The molecule has 0 saturated carbocycles. The molecule has 1 unspecified atom stereocenters. The van der Waals surface area contributed by atoms with Gasteiger partial charge in [-0.15, -0.1) is 0 Å². The largest absolute Gasteiger partial charge is 0.453 e. The summed E-state index contributed by atoms with van der Waals surface area (Å²) in [6.45, 7) is 2.31. The van der Waals surface area contributed by atoms with Crippen molar-refractivity contribution in [2.45, 2.75) is 37.8 Å². The van der Waals surface area contributed by atoms with Gasteiger partial charge in [0.2, 0.25) is 5.60 Å². The van der Waals surface area contributed by atoms with Crippen LogP contribution in [0.4, 0.5) is 0 Å². The van der Waals surface area contributed by atoms with E-state index in [1.165, 1.54) is 0 Å². The number of carbonyl (C=O) groups is 2. The number of likely N-dealkylation sites (tertiary alicyclic amines) is 1. The Morgan fingerprint density at radius 3 is 2.11 bits per heavy atom. The number of benzene rings is 2. The molecule has 1 heterocycles. The highest BCUT2D eigenvalue weighted by Gasteiger charge is 2.42. The lowest BCUT2D eigenvalue weighted by Crippen LogP contribution is -2.45. The summed E-state index contributed by atoms with van der Waals surface area (Å²) in [6.07, 6.45) is 3.02. The van der Waals surface area contributed by atoms with E-state index in [9.17, 15) is 14.7 Å². The average molecular weight is 367 g/mol. The quantitative estimate of drug-likeness (QED) is 0.825. The van der Waals surface area contributed by atoms with Crippen molar-refractivity contribution < 1.29 is 19.4 Å². The van der Waals surface area contributed by atoms with Gasteiger partial charge >= 0.3 is 5.97 Å². The van der Waals surface area contributed by atoms with Gasteiger partial charge in [-0.1, -0.05) is 60.7 Å². The Morgan fingerprint density at radius 1 is 1.04 bits per heavy atom. The molecule has 1 N–H and O–H groups in total. The van der Waals surface area contributed by atoms with Crippen LogP contribution in [0.3, 0.4) is 0 Å². The molecule has 0 aliphatic carbocycles. The zero-order valence-corrected chi connectivity index (χ0v) is 15.5. The van der Waals surface area contributed by atoms with Gasteiger partial charge in [0.1, 0.15) is 0 Å². The Morgan fingerprint density at radius 2 is 1.59 bits per heavy atom. The van der Waals surface area contributed by atoms with Crippen molar-refractivity contribution in [3.63, 3.8) is 0 Å². The van der Waals surface area contributed by atoms with Crippen LogP contribution >= 0.6 is 0 Å². The summed E-state index contributed by atoms with van der Waals surface area (Å²) < 4.78 is 5.30. The molecule has 1 aliphatic heterocycles. The Kier molecular flexibility index (Phi) is 5.91. The van der Waals surface area contributed by atoms with Crippen LogP contribution in [0.2, 0.25) is 0 Å². The first-order valence-corrected chi connectivity index (χ1v) is 9.33. The number of hydrogen-bond donors (Lipinski definition) is 1. The van der Waals surface area contributed by atoms with Crippen LogP contribution in [-0.4, -0.2) is 41.1 Å². The highest BCUT2D eigenvalue weighted by Crippen LogP contribution is 2.31. The van der Waals surface area contributed by atoms with E-state index in [2.05, 4.69) is 0 Å². The van der Waals surface area contributed by atoms with Gasteiger partial charge < -0.3 is 14.7 Å². The van der Waals surface area contributed by atoms with Crippen LogP contribution in [0.5, 0.6) is 0 Å². The molecule has 0 radical (unpaired) electrons. The molecular formula is C22H25NO4. The SMILES string of the molecule is CC1CCCCN1C(=O)COC(=O)C(O)(c1ccccc1)c1ccccc1. The molecule has 3 rings (SSSR count). The van der Waals surface area contributed by atoms with Crippen molar-refractivity contribution in [3.05, 3.63) is 71.8 Å². The van der Waals surface area contributed by atoms with E-state index in [0.29, 0.717) is 17.7 Å². The van der Waals surface area contributed by atoms with Crippen molar-refractivity contribution in [3.8, 4) is 0 Å². The lowest BCUT2D eigenvalue weighted by molar-refractivity contribution is -0.167. The van der Waals surface area contributed by atoms with Gasteiger partial charge in [0.05, 0.1) is 0 Å². The molecule has 0 spiro atoms. The summed E-state index contributed by atoms with van der Waals surface area (Å²) in [7, 11) is 0. The number of nitrogens with zero attached hydrogens (tertiary/aromatic N) is 1. The Bertz CT molecular complexity index is 736. The predicted octanol–water partition coefficient (Wildman–Crippen LogP) is 2.87. The fraction of sp³-hybridized carbons (Fsp3) is 0.364. The average Bonchev–Trinajstić information content (AvgIpc) is 2.72. The second kappa shape index (κ2) is 8.35. The number of amides is 1. The van der Waals surface area contributed by atoms with Crippen molar-refractivity contribution >= 4 is 11.9 Å². The standard InChI is InChI=1S/C22H25NO4/c1-17-10-8-9-15-23(17)20(24)16-27-21(25)22(26,18-11-4-2-5-12-18)19-13-6-3-7-14-19/h2-7,11-14,17,26H,8-10,15-16H2,1H3. The smallest absolute Gasteiger partial charge is 0.348 e. The molecule has 142 valence electrons. The summed E-state index contributed by atoms with van der Waals surface area (Å²) in [5, 5.41) is 11.3. The van der Waals surface area contributed by atoms with E-state index in [1.54, 1.807) is 53.4 Å². The van der Waals surface area contributed by atoms with Crippen LogP contribution in [0.25, 0.3) is 0 Å². The molecule has 2 aromatic rings. The Labute approximate surface area is 159 Å². The van der Waals surface area contributed by atoms with E-state index in [-0.39, 0.29) is 18.6 Å². The predicted molar refractivity (Wildman–Crippen MR) is 102 cm³/mol. The molecule has 1 atom stereocenters. The first-order valence-electron chi connectivity index (χ1n) is 9.33. The first kappa shape index (κ1) is 19.1. The van der Waals surface area contributed by atoms with Crippen LogP contribution < -0.4 is 0 Å². The van der Waals surface area contributed by atoms with Gasteiger partial charge in [-0.3, -0.25) is 4.79 Å². The van der Waals surface area contributed by atoms with Crippen LogP contribution in [0.15, 0.2) is 60.7 Å².